The first kappa shape index (κ1) is 21.3. The SMILES string of the molecule is COC(=O)CCCNC(=O)[C@@H]1CCCN(c2nc(-c3ccccc3)nc3c2CCC3)C1. The van der Waals surface area contributed by atoms with Crippen molar-refractivity contribution in [3.8, 4) is 11.4 Å². The summed E-state index contributed by atoms with van der Waals surface area (Å²) in [5, 5.41) is 2.99. The molecule has 1 amide bonds. The van der Waals surface area contributed by atoms with Crippen LogP contribution < -0.4 is 10.2 Å². The van der Waals surface area contributed by atoms with Crippen molar-refractivity contribution >= 4 is 17.7 Å². The second-order valence-electron chi connectivity index (χ2n) is 8.27. The Morgan fingerprint density at radius 1 is 1.16 bits per heavy atom. The van der Waals surface area contributed by atoms with E-state index in [0.29, 0.717) is 25.9 Å². The van der Waals surface area contributed by atoms with Gasteiger partial charge in [0.05, 0.1) is 13.0 Å². The van der Waals surface area contributed by atoms with E-state index in [4.69, 9.17) is 9.97 Å². The van der Waals surface area contributed by atoms with Crippen molar-refractivity contribution in [3.63, 3.8) is 0 Å². The molecule has 31 heavy (non-hydrogen) atoms. The van der Waals surface area contributed by atoms with E-state index in [1.807, 2.05) is 30.3 Å². The Morgan fingerprint density at radius 2 is 2.00 bits per heavy atom. The molecule has 2 heterocycles. The Kier molecular flexibility index (Phi) is 6.79. The highest BCUT2D eigenvalue weighted by Crippen LogP contribution is 2.33. The molecule has 2 aromatic rings. The minimum atomic E-state index is -0.245. The number of nitrogens with zero attached hydrogens (tertiary/aromatic N) is 3. The lowest BCUT2D eigenvalue weighted by Crippen LogP contribution is -2.44. The number of aryl methyl sites for hydroxylation is 1. The van der Waals surface area contributed by atoms with Crippen molar-refractivity contribution in [3.05, 3.63) is 41.6 Å². The van der Waals surface area contributed by atoms with E-state index in [1.165, 1.54) is 12.7 Å². The van der Waals surface area contributed by atoms with Crippen LogP contribution in [0, 0.1) is 5.92 Å². The number of piperidine rings is 1. The molecular formula is C24H30N4O3. The number of rotatable bonds is 7. The quantitative estimate of drug-likeness (QED) is 0.546. The van der Waals surface area contributed by atoms with Crippen LogP contribution in [0.1, 0.15) is 43.4 Å². The van der Waals surface area contributed by atoms with Crippen LogP contribution in [-0.4, -0.2) is 48.6 Å². The molecule has 1 aliphatic heterocycles. The second-order valence-corrected chi connectivity index (χ2v) is 8.27. The fourth-order valence-corrected chi connectivity index (χ4v) is 4.46. The van der Waals surface area contributed by atoms with Gasteiger partial charge >= 0.3 is 5.97 Å². The Hall–Kier alpha value is -2.96. The van der Waals surface area contributed by atoms with Gasteiger partial charge in [-0.3, -0.25) is 9.59 Å². The Bertz CT molecular complexity index is 932. The number of hydrogen-bond acceptors (Lipinski definition) is 6. The van der Waals surface area contributed by atoms with Crippen LogP contribution in [0.15, 0.2) is 30.3 Å². The third kappa shape index (κ3) is 5.03. The van der Waals surface area contributed by atoms with Gasteiger partial charge in [0.2, 0.25) is 5.91 Å². The molecule has 1 aromatic heterocycles. The molecule has 2 aliphatic rings. The Balaban J connectivity index is 1.46. The molecular weight excluding hydrogens is 392 g/mol. The number of benzene rings is 1. The van der Waals surface area contributed by atoms with Crippen molar-refractivity contribution in [2.24, 2.45) is 5.92 Å². The maximum absolute atomic E-state index is 12.7. The third-order valence-corrected chi connectivity index (χ3v) is 6.12. The Labute approximate surface area is 183 Å². The van der Waals surface area contributed by atoms with Crippen molar-refractivity contribution in [2.45, 2.75) is 44.9 Å². The zero-order valence-corrected chi connectivity index (χ0v) is 18.1. The molecule has 0 spiro atoms. The normalized spacial score (nSPS) is 17.8. The molecule has 1 aromatic carbocycles. The molecule has 4 rings (SSSR count). The van der Waals surface area contributed by atoms with Crippen LogP contribution in [0.5, 0.6) is 0 Å². The molecule has 0 unspecified atom stereocenters. The van der Waals surface area contributed by atoms with E-state index in [0.717, 1.165) is 61.5 Å². The number of fused-ring (bicyclic) bond motifs is 1. The molecule has 7 nitrogen and oxygen atoms in total. The molecule has 1 aliphatic carbocycles. The monoisotopic (exact) mass is 422 g/mol. The largest absolute Gasteiger partial charge is 0.469 e. The van der Waals surface area contributed by atoms with E-state index in [9.17, 15) is 9.59 Å². The minimum absolute atomic E-state index is 0.0588. The highest BCUT2D eigenvalue weighted by molar-refractivity contribution is 5.79. The number of methoxy groups -OCH3 is 1. The van der Waals surface area contributed by atoms with E-state index in [-0.39, 0.29) is 17.8 Å². The number of amides is 1. The highest BCUT2D eigenvalue weighted by Gasteiger charge is 2.30. The smallest absolute Gasteiger partial charge is 0.305 e. The van der Waals surface area contributed by atoms with E-state index < -0.39 is 0 Å². The van der Waals surface area contributed by atoms with Gasteiger partial charge < -0.3 is 15.0 Å². The number of anilines is 1. The maximum atomic E-state index is 12.7. The number of esters is 1. The summed E-state index contributed by atoms with van der Waals surface area (Å²) in [6.45, 7) is 2.07. The van der Waals surface area contributed by atoms with Gasteiger partial charge in [0.15, 0.2) is 5.82 Å². The fourth-order valence-electron chi connectivity index (χ4n) is 4.46. The average molecular weight is 423 g/mol. The lowest BCUT2D eigenvalue weighted by molar-refractivity contribution is -0.140. The van der Waals surface area contributed by atoms with Crippen LogP contribution in [0.25, 0.3) is 11.4 Å². The number of hydrogen-bond donors (Lipinski definition) is 1. The first-order chi connectivity index (χ1) is 15.2. The van der Waals surface area contributed by atoms with Crippen LogP contribution in [0.2, 0.25) is 0 Å². The van der Waals surface area contributed by atoms with Gasteiger partial charge in [0.25, 0.3) is 0 Å². The summed E-state index contributed by atoms with van der Waals surface area (Å²) >= 11 is 0. The van der Waals surface area contributed by atoms with Gasteiger partial charge in [0, 0.05) is 42.9 Å². The van der Waals surface area contributed by atoms with E-state index in [1.54, 1.807) is 0 Å². The zero-order valence-electron chi connectivity index (χ0n) is 18.1. The molecule has 0 radical (unpaired) electrons. The predicted molar refractivity (Wildman–Crippen MR) is 119 cm³/mol. The molecule has 0 saturated carbocycles. The van der Waals surface area contributed by atoms with Gasteiger partial charge in [-0.25, -0.2) is 9.97 Å². The van der Waals surface area contributed by atoms with Crippen LogP contribution in [-0.2, 0) is 27.2 Å². The van der Waals surface area contributed by atoms with E-state index in [2.05, 4.69) is 15.0 Å². The second kappa shape index (κ2) is 9.90. The lowest BCUT2D eigenvalue weighted by atomic mass is 9.96. The van der Waals surface area contributed by atoms with Crippen LogP contribution in [0.4, 0.5) is 5.82 Å². The highest BCUT2D eigenvalue weighted by atomic mass is 16.5. The van der Waals surface area contributed by atoms with Crippen molar-refractivity contribution in [1.29, 1.82) is 0 Å². The maximum Gasteiger partial charge on any atom is 0.305 e. The van der Waals surface area contributed by atoms with Crippen LogP contribution >= 0.6 is 0 Å². The first-order valence-corrected chi connectivity index (χ1v) is 11.2. The van der Waals surface area contributed by atoms with Gasteiger partial charge in [-0.15, -0.1) is 0 Å². The number of ether oxygens (including phenoxy) is 1. The van der Waals surface area contributed by atoms with Crippen molar-refractivity contribution < 1.29 is 14.3 Å². The lowest BCUT2D eigenvalue weighted by Gasteiger charge is -2.34. The van der Waals surface area contributed by atoms with Gasteiger partial charge in [-0.2, -0.15) is 0 Å². The van der Waals surface area contributed by atoms with Gasteiger partial charge in [-0.1, -0.05) is 30.3 Å². The molecule has 1 saturated heterocycles. The Morgan fingerprint density at radius 3 is 2.81 bits per heavy atom. The van der Waals surface area contributed by atoms with E-state index >= 15 is 0 Å². The molecule has 1 N–H and O–H groups in total. The molecule has 0 bridgehead atoms. The summed E-state index contributed by atoms with van der Waals surface area (Å²) in [5.41, 5.74) is 3.42. The fraction of sp³-hybridized carbons (Fsp3) is 0.500. The number of carbonyl (C=O) groups excluding carboxylic acids is 2. The number of nitrogens with one attached hydrogen (secondary N) is 1. The number of aromatic nitrogens is 2. The minimum Gasteiger partial charge on any atom is -0.469 e. The standard InChI is InChI=1S/C24H30N4O3/c1-31-21(29)13-6-14-25-24(30)18-10-7-15-28(16-18)23-19-11-5-12-20(19)26-22(27-23)17-8-3-2-4-9-17/h2-4,8-9,18H,5-7,10-16H2,1H3,(H,25,30)/t18-/m1/s1. The van der Waals surface area contributed by atoms with Gasteiger partial charge in [0.1, 0.15) is 5.82 Å². The van der Waals surface area contributed by atoms with Gasteiger partial charge in [-0.05, 0) is 38.5 Å². The topological polar surface area (TPSA) is 84.4 Å². The molecule has 7 heteroatoms. The predicted octanol–water partition coefficient (Wildman–Crippen LogP) is 2.92. The summed E-state index contributed by atoms with van der Waals surface area (Å²) in [6, 6.07) is 10.1. The first-order valence-electron chi connectivity index (χ1n) is 11.2. The summed E-state index contributed by atoms with van der Waals surface area (Å²) in [4.78, 5) is 36.0. The summed E-state index contributed by atoms with van der Waals surface area (Å²) in [5.74, 6) is 1.52. The summed E-state index contributed by atoms with van der Waals surface area (Å²) in [6.07, 6.45) is 5.84. The zero-order chi connectivity index (χ0) is 21.6. The number of carbonyl (C=O) groups is 2. The summed E-state index contributed by atoms with van der Waals surface area (Å²) in [7, 11) is 1.38. The van der Waals surface area contributed by atoms with Crippen molar-refractivity contribution in [1.82, 2.24) is 15.3 Å². The third-order valence-electron chi connectivity index (χ3n) is 6.12. The molecule has 164 valence electrons. The van der Waals surface area contributed by atoms with Crippen LogP contribution in [0.3, 0.4) is 0 Å². The summed E-state index contributed by atoms with van der Waals surface area (Å²) < 4.78 is 4.64. The van der Waals surface area contributed by atoms with Crippen molar-refractivity contribution in [2.75, 3.05) is 31.6 Å². The molecule has 1 fully saturated rings. The molecule has 1 atom stereocenters. The average Bonchev–Trinajstić information content (AvgIpc) is 3.30.